The molecule has 2 aliphatic rings. The number of nitrogens with one attached hydrogen (secondary N) is 2. The van der Waals surface area contributed by atoms with Crippen molar-refractivity contribution in [3.8, 4) is 0 Å². The van der Waals surface area contributed by atoms with E-state index >= 15 is 0 Å². The maximum Gasteiger partial charge on any atom is 0.321 e. The first kappa shape index (κ1) is 16.5. The lowest BCUT2D eigenvalue weighted by Crippen LogP contribution is -2.44. The molecule has 2 aromatic rings. The normalized spacial score (nSPS) is 23.1. The van der Waals surface area contributed by atoms with Crippen molar-refractivity contribution in [3.05, 3.63) is 28.5 Å². The van der Waals surface area contributed by atoms with Gasteiger partial charge in [-0.2, -0.15) is 5.10 Å². The Balaban J connectivity index is 1.41. The van der Waals surface area contributed by atoms with Crippen LogP contribution < -0.4 is 10.6 Å². The van der Waals surface area contributed by atoms with Gasteiger partial charge in [0.05, 0.1) is 36.0 Å². The molecule has 134 valence electrons. The monoisotopic (exact) mass is 363 g/mol. The lowest BCUT2D eigenvalue weighted by atomic mass is 9.98. The van der Waals surface area contributed by atoms with Gasteiger partial charge in [0, 0.05) is 31.8 Å². The first-order valence-electron chi connectivity index (χ1n) is 8.43. The molecule has 2 aromatic heterocycles. The summed E-state index contributed by atoms with van der Waals surface area (Å²) in [7, 11) is 1.87. The largest absolute Gasteiger partial charge is 0.375 e. The summed E-state index contributed by atoms with van der Waals surface area (Å²) in [5.74, 6) is 0. The summed E-state index contributed by atoms with van der Waals surface area (Å²) in [4.78, 5) is 18.0. The van der Waals surface area contributed by atoms with E-state index in [1.54, 1.807) is 10.9 Å². The number of ether oxygens (including phenoxy) is 2. The first-order chi connectivity index (χ1) is 12.2. The highest BCUT2D eigenvalue weighted by Gasteiger charge is 2.30. The van der Waals surface area contributed by atoms with E-state index in [4.69, 9.17) is 9.47 Å². The van der Waals surface area contributed by atoms with Crippen molar-refractivity contribution in [2.75, 3.05) is 18.5 Å². The predicted molar refractivity (Wildman–Crippen MR) is 92.6 cm³/mol. The van der Waals surface area contributed by atoms with Gasteiger partial charge in [0.1, 0.15) is 6.10 Å². The molecule has 2 amide bonds. The van der Waals surface area contributed by atoms with Crippen LogP contribution in [0.5, 0.6) is 0 Å². The Labute approximate surface area is 149 Å². The quantitative estimate of drug-likeness (QED) is 0.870. The molecule has 2 aliphatic heterocycles. The van der Waals surface area contributed by atoms with Gasteiger partial charge in [-0.1, -0.05) is 11.3 Å². The molecular formula is C16H21N5O3S. The zero-order valence-electron chi connectivity index (χ0n) is 14.0. The molecule has 2 atom stereocenters. The van der Waals surface area contributed by atoms with Gasteiger partial charge < -0.3 is 14.8 Å². The van der Waals surface area contributed by atoms with Gasteiger partial charge in [-0.25, -0.2) is 9.78 Å². The summed E-state index contributed by atoms with van der Waals surface area (Å²) in [5, 5.41) is 10.7. The molecule has 9 heteroatoms. The third kappa shape index (κ3) is 3.68. The van der Waals surface area contributed by atoms with Gasteiger partial charge >= 0.3 is 6.03 Å². The van der Waals surface area contributed by atoms with Crippen LogP contribution in [0.15, 0.2) is 12.4 Å². The maximum atomic E-state index is 12.4. The second-order valence-corrected chi connectivity index (χ2v) is 7.36. The molecule has 1 saturated heterocycles. The van der Waals surface area contributed by atoms with Crippen molar-refractivity contribution in [2.24, 2.45) is 7.05 Å². The maximum absolute atomic E-state index is 12.4. The fourth-order valence-corrected chi connectivity index (χ4v) is 4.17. The molecule has 0 aliphatic carbocycles. The zero-order valence-corrected chi connectivity index (χ0v) is 14.8. The second-order valence-electron chi connectivity index (χ2n) is 6.28. The highest BCUT2D eigenvalue weighted by Crippen LogP contribution is 2.29. The van der Waals surface area contributed by atoms with Crippen LogP contribution in [0.4, 0.5) is 9.93 Å². The van der Waals surface area contributed by atoms with E-state index in [-0.39, 0.29) is 18.2 Å². The van der Waals surface area contributed by atoms with Crippen molar-refractivity contribution >= 4 is 22.5 Å². The van der Waals surface area contributed by atoms with E-state index in [9.17, 15) is 4.79 Å². The van der Waals surface area contributed by atoms with Crippen molar-refractivity contribution < 1.29 is 14.3 Å². The van der Waals surface area contributed by atoms with Crippen LogP contribution in [0.25, 0.3) is 0 Å². The third-order valence-electron chi connectivity index (χ3n) is 4.41. The number of aromatic nitrogens is 3. The number of urea groups is 1. The van der Waals surface area contributed by atoms with Crippen LogP contribution >= 0.6 is 11.3 Å². The van der Waals surface area contributed by atoms with Crippen molar-refractivity contribution in [1.82, 2.24) is 20.1 Å². The lowest BCUT2D eigenvalue weighted by Gasteiger charge is -2.31. The summed E-state index contributed by atoms with van der Waals surface area (Å²) in [5.41, 5.74) is 2.01. The molecule has 0 unspecified atom stereocenters. The number of aryl methyl sites for hydroxylation is 1. The van der Waals surface area contributed by atoms with Crippen LogP contribution in [0.1, 0.15) is 35.1 Å². The van der Waals surface area contributed by atoms with Gasteiger partial charge in [0.15, 0.2) is 5.13 Å². The Morgan fingerprint density at radius 1 is 1.44 bits per heavy atom. The number of hydrogen-bond acceptors (Lipinski definition) is 6. The van der Waals surface area contributed by atoms with Gasteiger partial charge in [-0.3, -0.25) is 10.00 Å². The number of amides is 2. The van der Waals surface area contributed by atoms with Crippen LogP contribution in [0.3, 0.4) is 0 Å². The number of thiazole rings is 1. The predicted octanol–water partition coefficient (Wildman–Crippen LogP) is 1.99. The topological polar surface area (TPSA) is 90.3 Å². The Hall–Kier alpha value is -1.97. The molecule has 0 spiro atoms. The van der Waals surface area contributed by atoms with Crippen LogP contribution in [0.2, 0.25) is 0 Å². The van der Waals surface area contributed by atoms with Crippen LogP contribution in [-0.4, -0.2) is 40.1 Å². The van der Waals surface area contributed by atoms with E-state index in [2.05, 4.69) is 20.7 Å². The number of anilines is 1. The standard InChI is InChI=1S/C16H21N5O3S/c1-21-8-10(7-17-21)14-12(3-2-5-24-14)18-15(22)20-16-19-11-4-6-23-9-13(11)25-16/h7-8,12,14H,2-6,9H2,1H3,(H2,18,19,20,22)/t12-,14+/m0/s1. The Bertz CT molecular complexity index is 735. The Kier molecular flexibility index (Phi) is 4.69. The smallest absolute Gasteiger partial charge is 0.321 e. The highest BCUT2D eigenvalue weighted by molar-refractivity contribution is 7.15. The Morgan fingerprint density at radius 3 is 3.16 bits per heavy atom. The minimum atomic E-state index is -0.253. The highest BCUT2D eigenvalue weighted by atomic mass is 32.1. The zero-order chi connectivity index (χ0) is 17.2. The van der Waals surface area contributed by atoms with E-state index < -0.39 is 0 Å². The number of carbonyl (C=O) groups is 1. The third-order valence-corrected chi connectivity index (χ3v) is 5.39. The van der Waals surface area contributed by atoms with Crippen LogP contribution in [-0.2, 0) is 29.5 Å². The van der Waals surface area contributed by atoms with Gasteiger partial charge in [-0.15, -0.1) is 0 Å². The van der Waals surface area contributed by atoms with Crippen molar-refractivity contribution in [1.29, 1.82) is 0 Å². The van der Waals surface area contributed by atoms with Crippen molar-refractivity contribution in [3.63, 3.8) is 0 Å². The lowest BCUT2D eigenvalue weighted by molar-refractivity contribution is -0.00700. The number of carbonyl (C=O) groups excluding carboxylic acids is 1. The molecule has 4 heterocycles. The first-order valence-corrected chi connectivity index (χ1v) is 9.24. The molecule has 8 nitrogen and oxygen atoms in total. The van der Waals surface area contributed by atoms with E-state index in [0.29, 0.717) is 25.0 Å². The second kappa shape index (κ2) is 7.11. The van der Waals surface area contributed by atoms with Crippen molar-refractivity contribution in [2.45, 2.75) is 38.0 Å². The average molecular weight is 363 g/mol. The fourth-order valence-electron chi connectivity index (χ4n) is 3.22. The van der Waals surface area contributed by atoms with Gasteiger partial charge in [-0.05, 0) is 12.8 Å². The molecule has 0 bridgehead atoms. The summed E-state index contributed by atoms with van der Waals surface area (Å²) in [6, 6.07) is -0.340. The number of hydrogen-bond donors (Lipinski definition) is 2. The number of rotatable bonds is 3. The van der Waals surface area contributed by atoms with E-state index in [0.717, 1.165) is 35.4 Å². The average Bonchev–Trinajstić information content (AvgIpc) is 3.20. The summed E-state index contributed by atoms with van der Waals surface area (Å²) in [6.07, 6.45) is 6.13. The molecule has 2 N–H and O–H groups in total. The molecule has 4 rings (SSSR count). The summed E-state index contributed by atoms with van der Waals surface area (Å²) in [6.45, 7) is 1.96. The number of fused-ring (bicyclic) bond motifs is 1. The minimum Gasteiger partial charge on any atom is -0.375 e. The van der Waals surface area contributed by atoms with Gasteiger partial charge in [0.25, 0.3) is 0 Å². The van der Waals surface area contributed by atoms with E-state index in [1.807, 2.05) is 13.2 Å². The molecule has 0 saturated carbocycles. The number of nitrogens with zero attached hydrogens (tertiary/aromatic N) is 3. The molecule has 25 heavy (non-hydrogen) atoms. The fraction of sp³-hybridized carbons (Fsp3) is 0.562. The molecule has 1 fully saturated rings. The summed E-state index contributed by atoms with van der Waals surface area (Å²) < 4.78 is 13.0. The summed E-state index contributed by atoms with van der Waals surface area (Å²) >= 11 is 1.47. The molecule has 0 aromatic carbocycles. The van der Waals surface area contributed by atoms with Crippen LogP contribution in [0, 0.1) is 0 Å². The Morgan fingerprint density at radius 2 is 2.36 bits per heavy atom. The SMILES string of the molecule is Cn1cc([C@H]2OCCC[C@@H]2NC(=O)Nc2nc3c(s2)COCC3)cn1. The minimum absolute atomic E-state index is 0.0872. The van der Waals surface area contributed by atoms with E-state index in [1.165, 1.54) is 11.3 Å². The molecule has 0 radical (unpaired) electrons. The van der Waals surface area contributed by atoms with Gasteiger partial charge in [0.2, 0.25) is 0 Å². The molecular weight excluding hydrogens is 342 g/mol.